The minimum absolute atomic E-state index is 0.0944. The number of carboxylic acid groups (broad SMARTS) is 1. The second-order valence-electron chi connectivity index (χ2n) is 7.72. The van der Waals surface area contributed by atoms with Crippen LogP contribution in [-0.4, -0.2) is 40.8 Å². The highest BCUT2D eigenvalue weighted by molar-refractivity contribution is 5.97. The van der Waals surface area contributed by atoms with E-state index in [1.165, 1.54) is 19.1 Å². The van der Waals surface area contributed by atoms with Crippen LogP contribution in [0.1, 0.15) is 34.3 Å². The quantitative estimate of drug-likeness (QED) is 0.454. The summed E-state index contributed by atoms with van der Waals surface area (Å²) >= 11 is 0. The molecular formula is C25H22N2O6. The van der Waals surface area contributed by atoms with Crippen LogP contribution in [0.15, 0.2) is 66.7 Å². The van der Waals surface area contributed by atoms with E-state index in [2.05, 4.69) is 10.6 Å². The van der Waals surface area contributed by atoms with Gasteiger partial charge in [0.2, 0.25) is 5.91 Å². The van der Waals surface area contributed by atoms with E-state index in [1.54, 1.807) is 0 Å². The lowest BCUT2D eigenvalue weighted by Gasteiger charge is -2.17. The highest BCUT2D eigenvalue weighted by Crippen LogP contribution is 2.44. The Bertz CT molecular complexity index is 1190. The number of aromatic hydroxyl groups is 1. The van der Waals surface area contributed by atoms with E-state index < -0.39 is 29.8 Å². The third kappa shape index (κ3) is 4.50. The van der Waals surface area contributed by atoms with Gasteiger partial charge in [0.05, 0.1) is 0 Å². The van der Waals surface area contributed by atoms with E-state index in [4.69, 9.17) is 9.84 Å². The molecule has 0 fully saturated rings. The Morgan fingerprint density at radius 1 is 0.970 bits per heavy atom. The first kappa shape index (κ1) is 21.9. The van der Waals surface area contributed by atoms with Gasteiger partial charge in [0, 0.05) is 17.7 Å². The minimum atomic E-state index is -1.28. The van der Waals surface area contributed by atoms with Crippen molar-refractivity contribution in [2.75, 3.05) is 11.9 Å². The van der Waals surface area contributed by atoms with Gasteiger partial charge < -0.3 is 25.6 Å². The number of carbonyl (C=O) groups is 3. The van der Waals surface area contributed by atoms with Crippen LogP contribution in [0.2, 0.25) is 0 Å². The van der Waals surface area contributed by atoms with Gasteiger partial charge in [0.25, 0.3) is 0 Å². The summed E-state index contributed by atoms with van der Waals surface area (Å²) in [6.45, 7) is 1.61. The largest absolute Gasteiger partial charge is 0.507 e. The number of hydrogen-bond acceptors (Lipinski definition) is 5. The molecule has 3 aromatic carbocycles. The Hall–Kier alpha value is -4.33. The van der Waals surface area contributed by atoms with Gasteiger partial charge in [-0.3, -0.25) is 4.79 Å². The SMILES string of the molecule is CC(NC(=O)OCC1c2ccccc2-c2ccccc21)C(=O)Nc1ccc(C(=O)O)c(O)c1. The van der Waals surface area contributed by atoms with Gasteiger partial charge in [-0.2, -0.15) is 0 Å². The van der Waals surface area contributed by atoms with Crippen molar-refractivity contribution in [3.63, 3.8) is 0 Å². The average molecular weight is 446 g/mol. The Morgan fingerprint density at radius 2 is 1.58 bits per heavy atom. The van der Waals surface area contributed by atoms with Gasteiger partial charge in [-0.1, -0.05) is 48.5 Å². The maximum absolute atomic E-state index is 12.4. The molecule has 8 heteroatoms. The second kappa shape index (κ2) is 9.04. The zero-order chi connectivity index (χ0) is 23.5. The van der Waals surface area contributed by atoms with Gasteiger partial charge in [-0.15, -0.1) is 0 Å². The zero-order valence-corrected chi connectivity index (χ0v) is 17.7. The zero-order valence-electron chi connectivity index (χ0n) is 17.7. The normalized spacial score (nSPS) is 12.9. The summed E-state index contributed by atoms with van der Waals surface area (Å²) in [6, 6.07) is 18.7. The summed E-state index contributed by atoms with van der Waals surface area (Å²) in [5.41, 5.74) is 4.32. The van der Waals surface area contributed by atoms with Crippen LogP contribution in [0.3, 0.4) is 0 Å². The molecule has 168 valence electrons. The molecule has 33 heavy (non-hydrogen) atoms. The number of rotatable bonds is 6. The van der Waals surface area contributed by atoms with Crippen LogP contribution in [0.5, 0.6) is 5.75 Å². The molecule has 1 unspecified atom stereocenters. The molecule has 0 radical (unpaired) electrons. The maximum Gasteiger partial charge on any atom is 0.407 e. The van der Waals surface area contributed by atoms with Crippen molar-refractivity contribution in [3.05, 3.63) is 83.4 Å². The fraction of sp³-hybridized carbons (Fsp3) is 0.160. The van der Waals surface area contributed by atoms with E-state index in [0.29, 0.717) is 0 Å². The molecule has 1 atom stereocenters. The number of ether oxygens (including phenoxy) is 1. The molecule has 0 saturated heterocycles. The van der Waals surface area contributed by atoms with Crippen LogP contribution >= 0.6 is 0 Å². The molecule has 4 rings (SSSR count). The van der Waals surface area contributed by atoms with E-state index in [1.807, 2.05) is 48.5 Å². The summed E-state index contributed by atoms with van der Waals surface area (Å²) in [5, 5.41) is 23.7. The monoisotopic (exact) mass is 446 g/mol. The van der Waals surface area contributed by atoms with E-state index in [9.17, 15) is 19.5 Å². The number of fused-ring (bicyclic) bond motifs is 3. The number of alkyl carbamates (subject to hydrolysis) is 1. The van der Waals surface area contributed by atoms with Crippen molar-refractivity contribution in [2.45, 2.75) is 18.9 Å². The third-order valence-electron chi connectivity index (χ3n) is 5.57. The maximum atomic E-state index is 12.4. The lowest BCUT2D eigenvalue weighted by molar-refractivity contribution is -0.117. The molecule has 0 saturated carbocycles. The molecule has 1 aliphatic rings. The number of anilines is 1. The molecule has 2 amide bonds. The molecule has 0 heterocycles. The predicted molar refractivity (Wildman–Crippen MR) is 121 cm³/mol. The Labute approximate surface area is 189 Å². The number of phenols is 1. The van der Waals surface area contributed by atoms with E-state index in [0.717, 1.165) is 28.3 Å². The fourth-order valence-electron chi connectivity index (χ4n) is 3.92. The second-order valence-corrected chi connectivity index (χ2v) is 7.72. The lowest BCUT2D eigenvalue weighted by Crippen LogP contribution is -2.42. The molecule has 0 bridgehead atoms. The summed E-state index contributed by atoms with van der Waals surface area (Å²) in [6.07, 6.45) is -0.733. The molecule has 8 nitrogen and oxygen atoms in total. The number of hydrogen-bond donors (Lipinski definition) is 4. The summed E-state index contributed by atoms with van der Waals surface area (Å²) in [4.78, 5) is 35.7. The fourth-order valence-corrected chi connectivity index (χ4v) is 3.92. The van der Waals surface area contributed by atoms with Crippen LogP contribution in [0.4, 0.5) is 10.5 Å². The molecule has 0 aromatic heterocycles. The van der Waals surface area contributed by atoms with Gasteiger partial charge in [-0.05, 0) is 41.3 Å². The summed E-state index contributed by atoms with van der Waals surface area (Å²) < 4.78 is 5.44. The Morgan fingerprint density at radius 3 is 2.15 bits per heavy atom. The average Bonchev–Trinajstić information content (AvgIpc) is 3.11. The highest BCUT2D eigenvalue weighted by atomic mass is 16.5. The number of carbonyl (C=O) groups excluding carboxylic acids is 2. The number of aromatic carboxylic acids is 1. The van der Waals surface area contributed by atoms with Crippen LogP contribution < -0.4 is 10.6 Å². The number of nitrogens with one attached hydrogen (secondary N) is 2. The minimum Gasteiger partial charge on any atom is -0.507 e. The molecular weight excluding hydrogens is 424 g/mol. The van der Waals surface area contributed by atoms with E-state index in [-0.39, 0.29) is 23.8 Å². The van der Waals surface area contributed by atoms with Crippen molar-refractivity contribution >= 4 is 23.7 Å². The number of carboxylic acids is 1. The summed E-state index contributed by atoms with van der Waals surface area (Å²) in [5.74, 6) is -2.40. The first-order valence-electron chi connectivity index (χ1n) is 10.3. The summed E-state index contributed by atoms with van der Waals surface area (Å²) in [7, 11) is 0. The molecule has 0 aliphatic heterocycles. The molecule has 1 aliphatic carbocycles. The van der Waals surface area contributed by atoms with Crippen molar-refractivity contribution in [3.8, 4) is 16.9 Å². The third-order valence-corrected chi connectivity index (χ3v) is 5.57. The molecule has 4 N–H and O–H groups in total. The topological polar surface area (TPSA) is 125 Å². The first-order valence-corrected chi connectivity index (χ1v) is 10.3. The molecule has 3 aromatic rings. The number of amides is 2. The van der Waals surface area contributed by atoms with Gasteiger partial charge in [-0.25, -0.2) is 9.59 Å². The van der Waals surface area contributed by atoms with Crippen LogP contribution in [0.25, 0.3) is 11.1 Å². The Kier molecular flexibility index (Phi) is 5.99. The van der Waals surface area contributed by atoms with Crippen LogP contribution in [0, 0.1) is 0 Å². The van der Waals surface area contributed by atoms with Gasteiger partial charge >= 0.3 is 12.1 Å². The number of benzene rings is 3. The van der Waals surface area contributed by atoms with E-state index >= 15 is 0 Å². The first-order chi connectivity index (χ1) is 15.8. The van der Waals surface area contributed by atoms with Crippen molar-refractivity contribution in [1.29, 1.82) is 0 Å². The standard InChI is InChI=1S/C25H22N2O6/c1-14(23(29)27-15-10-11-20(24(30)31)22(28)12-15)26-25(32)33-13-21-18-8-4-2-6-16(18)17-7-3-5-9-19(17)21/h2-12,14,21,28H,13H2,1H3,(H,26,32)(H,27,29)(H,30,31). The lowest BCUT2D eigenvalue weighted by atomic mass is 9.98. The van der Waals surface area contributed by atoms with Gasteiger partial charge in [0.15, 0.2) is 0 Å². The highest BCUT2D eigenvalue weighted by Gasteiger charge is 2.29. The van der Waals surface area contributed by atoms with Crippen molar-refractivity contribution < 1.29 is 29.3 Å². The smallest absolute Gasteiger partial charge is 0.407 e. The predicted octanol–water partition coefficient (Wildman–Crippen LogP) is 3.96. The van der Waals surface area contributed by atoms with Gasteiger partial charge in [0.1, 0.15) is 24.0 Å². The van der Waals surface area contributed by atoms with Crippen molar-refractivity contribution in [2.24, 2.45) is 0 Å². The van der Waals surface area contributed by atoms with Crippen LogP contribution in [-0.2, 0) is 9.53 Å². The Balaban J connectivity index is 1.35. The molecule has 0 spiro atoms. The van der Waals surface area contributed by atoms with Crippen molar-refractivity contribution in [1.82, 2.24) is 5.32 Å².